The summed E-state index contributed by atoms with van der Waals surface area (Å²) >= 11 is 3.90. The fraction of sp³-hybridized carbons (Fsp3) is 0.692. The molecule has 1 aliphatic heterocycles. The van der Waals surface area contributed by atoms with Crippen LogP contribution in [-0.2, 0) is 6.42 Å². The van der Waals surface area contributed by atoms with Crippen molar-refractivity contribution < 1.29 is 0 Å². The first-order chi connectivity index (χ1) is 8.31. The van der Waals surface area contributed by atoms with E-state index in [-0.39, 0.29) is 0 Å². The largest absolute Gasteiger partial charge is 0.312 e. The normalized spacial score (nSPS) is 23.8. The summed E-state index contributed by atoms with van der Waals surface area (Å²) in [7, 11) is 2.27. The van der Waals surface area contributed by atoms with Gasteiger partial charge in [0.05, 0.1) is 0 Å². The van der Waals surface area contributed by atoms with Crippen LogP contribution in [0.5, 0.6) is 0 Å². The van der Waals surface area contributed by atoms with Crippen LogP contribution in [0.4, 0.5) is 0 Å². The highest BCUT2D eigenvalue weighted by Gasteiger charge is 2.27. The summed E-state index contributed by atoms with van der Waals surface area (Å²) in [6, 6.07) is 3.52. The summed E-state index contributed by atoms with van der Waals surface area (Å²) in [5.41, 5.74) is 1.48. The molecular weight excluding hydrogens is 248 g/mol. The van der Waals surface area contributed by atoms with Crippen LogP contribution in [0.25, 0.3) is 0 Å². The third-order valence-corrected chi connectivity index (χ3v) is 5.19. The highest BCUT2D eigenvalue weighted by molar-refractivity contribution is 7.99. The van der Waals surface area contributed by atoms with Crippen molar-refractivity contribution in [1.82, 2.24) is 10.2 Å². The van der Waals surface area contributed by atoms with Crippen molar-refractivity contribution in [2.45, 2.75) is 25.4 Å². The Bertz CT molecular complexity index is 313. The molecule has 0 spiro atoms. The van der Waals surface area contributed by atoms with Crippen LogP contribution in [-0.4, -0.2) is 48.6 Å². The van der Waals surface area contributed by atoms with Crippen LogP contribution in [0.15, 0.2) is 16.8 Å². The van der Waals surface area contributed by atoms with E-state index in [1.54, 1.807) is 11.3 Å². The quantitative estimate of drug-likeness (QED) is 0.884. The predicted molar refractivity (Wildman–Crippen MR) is 79.2 cm³/mol. The van der Waals surface area contributed by atoms with Crippen molar-refractivity contribution in [1.29, 1.82) is 0 Å². The molecule has 0 aromatic carbocycles. The maximum absolute atomic E-state index is 3.67. The average molecular weight is 270 g/mol. The first-order valence-electron chi connectivity index (χ1n) is 6.33. The van der Waals surface area contributed by atoms with Gasteiger partial charge in [-0.2, -0.15) is 23.1 Å². The van der Waals surface area contributed by atoms with E-state index in [1.807, 2.05) is 0 Å². The molecule has 1 aromatic heterocycles. The fourth-order valence-electron chi connectivity index (χ4n) is 2.40. The van der Waals surface area contributed by atoms with Crippen LogP contribution in [0, 0.1) is 0 Å². The number of thiophene rings is 1. The molecule has 2 atom stereocenters. The Morgan fingerprint density at radius 2 is 2.47 bits per heavy atom. The SMILES string of the molecule is CCNC(Cc1ccsc1)C1CSCCN1C. The molecule has 2 nitrogen and oxygen atoms in total. The van der Waals surface area contributed by atoms with E-state index in [0.29, 0.717) is 12.1 Å². The summed E-state index contributed by atoms with van der Waals surface area (Å²) in [5, 5.41) is 8.13. The molecule has 17 heavy (non-hydrogen) atoms. The number of rotatable bonds is 5. The van der Waals surface area contributed by atoms with E-state index >= 15 is 0 Å². The zero-order valence-electron chi connectivity index (χ0n) is 10.7. The van der Waals surface area contributed by atoms with Crippen molar-refractivity contribution in [3.05, 3.63) is 22.4 Å². The maximum Gasteiger partial charge on any atom is 0.0340 e. The van der Waals surface area contributed by atoms with Crippen LogP contribution in [0.1, 0.15) is 12.5 Å². The molecule has 1 aromatic rings. The average Bonchev–Trinajstić information content (AvgIpc) is 2.82. The van der Waals surface area contributed by atoms with Gasteiger partial charge in [-0.1, -0.05) is 6.92 Å². The second kappa shape index (κ2) is 6.78. The molecule has 2 rings (SSSR count). The minimum atomic E-state index is 0.590. The molecule has 4 heteroatoms. The van der Waals surface area contributed by atoms with E-state index < -0.39 is 0 Å². The Balaban J connectivity index is 1.99. The number of likely N-dealkylation sites (N-methyl/N-ethyl adjacent to an activating group) is 2. The minimum Gasteiger partial charge on any atom is -0.312 e. The minimum absolute atomic E-state index is 0.590. The maximum atomic E-state index is 3.67. The van der Waals surface area contributed by atoms with Crippen LogP contribution >= 0.6 is 23.1 Å². The fourth-order valence-corrected chi connectivity index (χ4v) is 4.39. The van der Waals surface area contributed by atoms with Gasteiger partial charge in [0.15, 0.2) is 0 Å². The van der Waals surface area contributed by atoms with Crippen molar-refractivity contribution in [2.75, 3.05) is 31.6 Å². The van der Waals surface area contributed by atoms with Gasteiger partial charge in [0.2, 0.25) is 0 Å². The first-order valence-corrected chi connectivity index (χ1v) is 8.43. The number of hydrogen-bond donors (Lipinski definition) is 1. The molecule has 1 fully saturated rings. The monoisotopic (exact) mass is 270 g/mol. The molecule has 1 N–H and O–H groups in total. The zero-order valence-corrected chi connectivity index (χ0v) is 12.3. The highest BCUT2D eigenvalue weighted by atomic mass is 32.2. The van der Waals surface area contributed by atoms with E-state index in [9.17, 15) is 0 Å². The molecule has 1 aliphatic rings. The molecule has 0 bridgehead atoms. The summed E-state index contributed by atoms with van der Waals surface area (Å²) in [5.74, 6) is 2.54. The van der Waals surface area contributed by atoms with Crippen molar-refractivity contribution in [3.8, 4) is 0 Å². The molecule has 1 saturated heterocycles. The summed E-state index contributed by atoms with van der Waals surface area (Å²) in [6.45, 7) is 4.49. The van der Waals surface area contributed by atoms with E-state index in [1.165, 1.54) is 23.6 Å². The lowest BCUT2D eigenvalue weighted by molar-refractivity contribution is 0.215. The Morgan fingerprint density at radius 1 is 1.59 bits per heavy atom. The lowest BCUT2D eigenvalue weighted by Crippen LogP contribution is -2.53. The van der Waals surface area contributed by atoms with E-state index in [2.05, 4.69) is 52.8 Å². The van der Waals surface area contributed by atoms with Crippen molar-refractivity contribution in [3.63, 3.8) is 0 Å². The smallest absolute Gasteiger partial charge is 0.0340 e. The Hall–Kier alpha value is -0.0300. The van der Waals surface area contributed by atoms with Gasteiger partial charge in [0.1, 0.15) is 0 Å². The van der Waals surface area contributed by atoms with Gasteiger partial charge in [0, 0.05) is 30.1 Å². The number of hydrogen-bond acceptors (Lipinski definition) is 4. The van der Waals surface area contributed by atoms with Crippen molar-refractivity contribution in [2.24, 2.45) is 0 Å². The summed E-state index contributed by atoms with van der Waals surface area (Å²) < 4.78 is 0. The second-order valence-corrected chi connectivity index (χ2v) is 6.55. The first kappa shape index (κ1) is 13.4. The molecule has 96 valence electrons. The molecule has 0 radical (unpaired) electrons. The molecule has 0 saturated carbocycles. The molecule has 2 unspecified atom stereocenters. The highest BCUT2D eigenvalue weighted by Crippen LogP contribution is 2.20. The second-order valence-electron chi connectivity index (χ2n) is 4.62. The lowest BCUT2D eigenvalue weighted by atomic mass is 10.0. The van der Waals surface area contributed by atoms with Gasteiger partial charge in [-0.15, -0.1) is 0 Å². The topological polar surface area (TPSA) is 15.3 Å². The van der Waals surface area contributed by atoms with Gasteiger partial charge in [-0.3, -0.25) is 0 Å². The van der Waals surface area contributed by atoms with E-state index in [0.717, 1.165) is 13.0 Å². The summed E-state index contributed by atoms with van der Waals surface area (Å²) in [6.07, 6.45) is 1.16. The van der Waals surface area contributed by atoms with Crippen LogP contribution in [0.2, 0.25) is 0 Å². The number of thioether (sulfide) groups is 1. The third kappa shape index (κ3) is 3.71. The molecular formula is C13H22N2S2. The Morgan fingerprint density at radius 3 is 3.12 bits per heavy atom. The number of nitrogens with one attached hydrogen (secondary N) is 1. The van der Waals surface area contributed by atoms with Crippen molar-refractivity contribution >= 4 is 23.1 Å². The molecule has 2 heterocycles. The standard InChI is InChI=1S/C13H22N2S2/c1-3-14-12(8-11-4-6-16-9-11)13-10-17-7-5-15(13)2/h4,6,9,12-14H,3,5,7-8,10H2,1-2H3. The summed E-state index contributed by atoms with van der Waals surface area (Å²) in [4.78, 5) is 2.52. The van der Waals surface area contributed by atoms with Crippen LogP contribution in [0.3, 0.4) is 0 Å². The lowest BCUT2D eigenvalue weighted by Gasteiger charge is -2.38. The van der Waals surface area contributed by atoms with Gasteiger partial charge >= 0.3 is 0 Å². The zero-order chi connectivity index (χ0) is 12.1. The Labute approximate surface area is 113 Å². The molecule has 0 aliphatic carbocycles. The predicted octanol–water partition coefficient (Wildman–Crippen LogP) is 2.32. The Kier molecular flexibility index (Phi) is 5.35. The van der Waals surface area contributed by atoms with Crippen LogP contribution < -0.4 is 5.32 Å². The third-order valence-electron chi connectivity index (χ3n) is 3.41. The van der Waals surface area contributed by atoms with Gasteiger partial charge in [-0.25, -0.2) is 0 Å². The van der Waals surface area contributed by atoms with Gasteiger partial charge < -0.3 is 10.2 Å². The number of nitrogens with zero attached hydrogens (tertiary/aromatic N) is 1. The van der Waals surface area contributed by atoms with E-state index in [4.69, 9.17) is 0 Å². The van der Waals surface area contributed by atoms with Gasteiger partial charge in [-0.05, 0) is 42.4 Å². The van der Waals surface area contributed by atoms with Gasteiger partial charge in [0.25, 0.3) is 0 Å². The molecule has 0 amide bonds.